The van der Waals surface area contributed by atoms with Crippen molar-refractivity contribution < 1.29 is 4.79 Å². The van der Waals surface area contributed by atoms with Crippen molar-refractivity contribution in [3.63, 3.8) is 0 Å². The highest BCUT2D eigenvalue weighted by Crippen LogP contribution is 2.29. The number of hydrogen-bond donors (Lipinski definition) is 2. The highest BCUT2D eigenvalue weighted by molar-refractivity contribution is 7.73. The average Bonchev–Trinajstić information content (AvgIpc) is 3.16. The Bertz CT molecular complexity index is 1200. The zero-order valence-corrected chi connectivity index (χ0v) is 21.8. The normalized spacial score (nSPS) is 16.2. The van der Waals surface area contributed by atoms with Gasteiger partial charge in [-0.15, -0.1) is 11.3 Å². The molecule has 3 aromatic rings. The summed E-state index contributed by atoms with van der Waals surface area (Å²) in [5, 5.41) is 3.17. The van der Waals surface area contributed by atoms with Gasteiger partial charge < -0.3 is 15.2 Å². The highest BCUT2D eigenvalue weighted by Gasteiger charge is 2.24. The van der Waals surface area contributed by atoms with Crippen molar-refractivity contribution in [1.82, 2.24) is 15.3 Å². The molecule has 1 saturated heterocycles. The molecule has 0 saturated carbocycles. The second kappa shape index (κ2) is 9.55. The van der Waals surface area contributed by atoms with E-state index in [9.17, 15) is 4.79 Å². The van der Waals surface area contributed by atoms with Crippen molar-refractivity contribution in [3.05, 3.63) is 51.1 Å². The molecule has 7 heteroatoms. The van der Waals surface area contributed by atoms with Gasteiger partial charge in [0.15, 0.2) is 3.95 Å². The van der Waals surface area contributed by atoms with Crippen LogP contribution in [0.4, 0.5) is 5.82 Å². The number of carbonyl (C=O) groups excluding carboxylic acids is 1. The average molecular weight is 483 g/mol. The van der Waals surface area contributed by atoms with Gasteiger partial charge in [0.1, 0.15) is 5.82 Å². The molecule has 1 atom stereocenters. The van der Waals surface area contributed by atoms with Crippen LogP contribution in [0.1, 0.15) is 70.2 Å². The minimum absolute atomic E-state index is 0.0170. The van der Waals surface area contributed by atoms with Crippen molar-refractivity contribution in [2.24, 2.45) is 5.92 Å². The van der Waals surface area contributed by atoms with E-state index in [-0.39, 0.29) is 17.2 Å². The SMILES string of the molecule is CC1CCN(c2nc(C(C)(C)C)ccc2CNC(=O)C(C)c2ccc3[nH]c(=S)sc3c2)CC1. The summed E-state index contributed by atoms with van der Waals surface area (Å²) in [7, 11) is 0. The first kappa shape index (κ1) is 23.9. The molecule has 5 nitrogen and oxygen atoms in total. The van der Waals surface area contributed by atoms with E-state index >= 15 is 0 Å². The molecule has 1 aliphatic rings. The van der Waals surface area contributed by atoms with Crippen LogP contribution < -0.4 is 10.2 Å². The zero-order valence-electron chi connectivity index (χ0n) is 20.2. The minimum Gasteiger partial charge on any atom is -0.356 e. The Balaban J connectivity index is 1.52. The predicted octanol–water partition coefficient (Wildman–Crippen LogP) is 6.31. The molecule has 1 unspecified atom stereocenters. The summed E-state index contributed by atoms with van der Waals surface area (Å²) < 4.78 is 1.84. The topological polar surface area (TPSA) is 61.0 Å². The summed E-state index contributed by atoms with van der Waals surface area (Å²) in [6.07, 6.45) is 2.36. The third-order valence-electron chi connectivity index (χ3n) is 6.60. The number of fused-ring (bicyclic) bond motifs is 1. The largest absolute Gasteiger partial charge is 0.356 e. The molecule has 1 aliphatic heterocycles. The van der Waals surface area contributed by atoms with Crippen LogP contribution in [0.25, 0.3) is 10.2 Å². The van der Waals surface area contributed by atoms with E-state index < -0.39 is 0 Å². The van der Waals surface area contributed by atoms with Crippen molar-refractivity contribution in [2.75, 3.05) is 18.0 Å². The third-order valence-corrected chi connectivity index (χ3v) is 7.80. The number of piperidine rings is 1. The molecule has 2 aromatic heterocycles. The standard InChI is InChI=1S/C26H34N4OS2/c1-16-10-12-30(13-11-16)23-19(7-9-22(29-23)26(3,4)5)15-27-24(31)17(2)18-6-8-20-21(14-18)33-25(32)28-20/h6-9,14,16-17H,10-13,15H2,1-5H3,(H,27,31)(H,28,32). The van der Waals surface area contributed by atoms with Crippen molar-refractivity contribution >= 4 is 45.5 Å². The number of aromatic amines is 1. The summed E-state index contributed by atoms with van der Waals surface area (Å²) in [4.78, 5) is 23.7. The Morgan fingerprint density at radius 2 is 2.00 bits per heavy atom. The number of nitrogens with zero attached hydrogens (tertiary/aromatic N) is 2. The van der Waals surface area contributed by atoms with Gasteiger partial charge in [0.2, 0.25) is 5.91 Å². The van der Waals surface area contributed by atoms with E-state index in [2.05, 4.69) is 61.1 Å². The summed E-state index contributed by atoms with van der Waals surface area (Å²) in [6.45, 7) is 13.4. The summed E-state index contributed by atoms with van der Waals surface area (Å²) >= 11 is 6.79. The van der Waals surface area contributed by atoms with E-state index in [0.717, 1.165) is 55.8 Å². The fraction of sp³-hybridized carbons (Fsp3) is 0.500. The summed E-state index contributed by atoms with van der Waals surface area (Å²) in [5.41, 5.74) is 4.17. The lowest BCUT2D eigenvalue weighted by Gasteiger charge is -2.33. The van der Waals surface area contributed by atoms with Gasteiger partial charge in [-0.05, 0) is 61.7 Å². The Morgan fingerprint density at radius 1 is 1.27 bits per heavy atom. The Hall–Kier alpha value is -2.25. The van der Waals surface area contributed by atoms with Crippen LogP contribution in [-0.2, 0) is 16.8 Å². The van der Waals surface area contributed by atoms with Crippen LogP contribution in [-0.4, -0.2) is 29.0 Å². The van der Waals surface area contributed by atoms with Gasteiger partial charge in [-0.1, -0.05) is 39.8 Å². The fourth-order valence-electron chi connectivity index (χ4n) is 4.25. The first-order chi connectivity index (χ1) is 15.6. The number of thiazole rings is 1. The van der Waals surface area contributed by atoms with E-state index in [0.29, 0.717) is 6.54 Å². The van der Waals surface area contributed by atoms with Gasteiger partial charge in [-0.3, -0.25) is 4.79 Å². The number of rotatable bonds is 5. The van der Waals surface area contributed by atoms with Crippen LogP contribution in [0.5, 0.6) is 0 Å². The lowest BCUT2D eigenvalue weighted by molar-refractivity contribution is -0.122. The fourth-order valence-corrected chi connectivity index (χ4v) is 5.41. The molecule has 1 fully saturated rings. The van der Waals surface area contributed by atoms with Gasteiger partial charge in [-0.25, -0.2) is 4.98 Å². The maximum absolute atomic E-state index is 13.0. The van der Waals surface area contributed by atoms with E-state index in [1.807, 2.05) is 19.1 Å². The third kappa shape index (κ3) is 5.46. The number of aromatic nitrogens is 2. The number of carbonyl (C=O) groups is 1. The molecule has 1 amide bonds. The molecule has 0 radical (unpaired) electrons. The molecule has 33 heavy (non-hydrogen) atoms. The minimum atomic E-state index is -0.244. The van der Waals surface area contributed by atoms with Crippen LogP contribution in [0.15, 0.2) is 30.3 Å². The molecule has 4 rings (SSSR count). The zero-order chi connectivity index (χ0) is 23.8. The van der Waals surface area contributed by atoms with Crippen LogP contribution >= 0.6 is 23.6 Å². The molecule has 0 bridgehead atoms. The number of H-pyrrole nitrogens is 1. The van der Waals surface area contributed by atoms with Crippen molar-refractivity contribution in [2.45, 2.75) is 65.3 Å². The van der Waals surface area contributed by atoms with Crippen molar-refractivity contribution in [1.29, 1.82) is 0 Å². The van der Waals surface area contributed by atoms with Gasteiger partial charge in [0, 0.05) is 36.3 Å². The molecule has 3 heterocycles. The first-order valence-electron chi connectivity index (χ1n) is 11.8. The van der Waals surface area contributed by atoms with Crippen LogP contribution in [0, 0.1) is 9.87 Å². The lowest BCUT2D eigenvalue weighted by atomic mass is 9.91. The van der Waals surface area contributed by atoms with E-state index in [4.69, 9.17) is 17.2 Å². The van der Waals surface area contributed by atoms with Crippen LogP contribution in [0.2, 0.25) is 0 Å². The molecule has 1 aromatic carbocycles. The number of anilines is 1. The molecular weight excluding hydrogens is 448 g/mol. The lowest BCUT2D eigenvalue weighted by Crippen LogP contribution is -2.36. The molecule has 176 valence electrons. The summed E-state index contributed by atoms with van der Waals surface area (Å²) in [5.74, 6) is 1.56. The number of benzene rings is 1. The second-order valence-electron chi connectivity index (χ2n) is 10.3. The number of hydrogen-bond acceptors (Lipinski definition) is 5. The molecule has 0 aliphatic carbocycles. The van der Waals surface area contributed by atoms with Gasteiger partial charge in [-0.2, -0.15) is 0 Å². The maximum atomic E-state index is 13.0. The maximum Gasteiger partial charge on any atom is 0.227 e. The number of nitrogens with one attached hydrogen (secondary N) is 2. The van der Waals surface area contributed by atoms with Gasteiger partial charge in [0.05, 0.1) is 16.1 Å². The highest BCUT2D eigenvalue weighted by atomic mass is 32.1. The molecule has 0 spiro atoms. The molecular formula is C26H34N4OS2. The second-order valence-corrected chi connectivity index (χ2v) is 12.0. The quantitative estimate of drug-likeness (QED) is 0.419. The van der Waals surface area contributed by atoms with Crippen LogP contribution in [0.3, 0.4) is 0 Å². The Morgan fingerprint density at radius 3 is 2.70 bits per heavy atom. The first-order valence-corrected chi connectivity index (χ1v) is 13.0. The smallest absolute Gasteiger partial charge is 0.227 e. The van der Waals surface area contributed by atoms with Gasteiger partial charge in [0.25, 0.3) is 0 Å². The Labute approximate surface area is 205 Å². The number of amides is 1. The van der Waals surface area contributed by atoms with E-state index in [1.165, 1.54) is 12.8 Å². The predicted molar refractivity (Wildman–Crippen MR) is 141 cm³/mol. The number of pyridine rings is 1. The van der Waals surface area contributed by atoms with E-state index in [1.54, 1.807) is 11.3 Å². The van der Waals surface area contributed by atoms with Crippen molar-refractivity contribution in [3.8, 4) is 0 Å². The monoisotopic (exact) mass is 482 g/mol. The Kier molecular flexibility index (Phi) is 6.91. The van der Waals surface area contributed by atoms with Gasteiger partial charge >= 0.3 is 0 Å². The molecule has 2 N–H and O–H groups in total. The summed E-state index contributed by atoms with van der Waals surface area (Å²) in [6, 6.07) is 10.3.